The Morgan fingerprint density at radius 1 is 1.25 bits per heavy atom. The lowest BCUT2D eigenvalue weighted by molar-refractivity contribution is -0.113. The van der Waals surface area contributed by atoms with Crippen molar-refractivity contribution < 1.29 is 18.7 Å². The molecule has 0 radical (unpaired) electrons. The highest BCUT2D eigenvalue weighted by atomic mass is 32.2. The predicted octanol–water partition coefficient (Wildman–Crippen LogP) is 2.97. The fourth-order valence-corrected chi connectivity index (χ4v) is 2.59. The van der Waals surface area contributed by atoms with E-state index in [0.29, 0.717) is 6.07 Å². The number of aromatic hydroxyl groups is 1. The number of halogens is 2. The summed E-state index contributed by atoms with van der Waals surface area (Å²) in [7, 11) is 0. The fraction of sp³-hybridized carbons (Fsp3) is 0.0588. The largest absolute Gasteiger partial charge is 0.508 e. The number of phenols is 1. The molecule has 0 saturated heterocycles. The molecule has 0 spiro atoms. The molecule has 0 atom stereocenters. The van der Waals surface area contributed by atoms with Gasteiger partial charge in [0.2, 0.25) is 17.0 Å². The molecular formula is C17H14F2N6O2S. The number of nitrogens with one attached hydrogen (secondary N) is 3. The Morgan fingerprint density at radius 2 is 2.04 bits per heavy atom. The van der Waals surface area contributed by atoms with Crippen molar-refractivity contribution in [2.24, 2.45) is 5.10 Å². The molecule has 28 heavy (non-hydrogen) atoms. The molecule has 0 aliphatic rings. The van der Waals surface area contributed by atoms with Crippen molar-refractivity contribution in [3.05, 3.63) is 59.7 Å². The summed E-state index contributed by atoms with van der Waals surface area (Å²) in [6.45, 7) is 0. The van der Waals surface area contributed by atoms with E-state index in [-0.39, 0.29) is 28.3 Å². The number of thioether (sulfide) groups is 1. The second-order valence-electron chi connectivity index (χ2n) is 5.39. The van der Waals surface area contributed by atoms with Crippen LogP contribution in [0.15, 0.2) is 52.7 Å². The molecule has 11 heteroatoms. The van der Waals surface area contributed by atoms with Crippen LogP contribution in [0.25, 0.3) is 0 Å². The molecule has 8 nitrogen and oxygen atoms in total. The minimum atomic E-state index is -0.853. The molecule has 0 aliphatic carbocycles. The number of hydrazone groups is 1. The van der Waals surface area contributed by atoms with Gasteiger partial charge in [0.25, 0.3) is 0 Å². The third-order valence-corrected chi connectivity index (χ3v) is 4.13. The van der Waals surface area contributed by atoms with Crippen LogP contribution in [0.1, 0.15) is 5.56 Å². The maximum atomic E-state index is 13.5. The van der Waals surface area contributed by atoms with Crippen LogP contribution in [-0.2, 0) is 4.79 Å². The molecule has 0 aliphatic heterocycles. The molecule has 1 heterocycles. The van der Waals surface area contributed by atoms with Crippen LogP contribution in [-0.4, -0.2) is 38.2 Å². The quantitative estimate of drug-likeness (QED) is 0.273. The van der Waals surface area contributed by atoms with Crippen LogP contribution in [0.5, 0.6) is 5.75 Å². The van der Waals surface area contributed by atoms with Gasteiger partial charge in [0, 0.05) is 6.07 Å². The number of aromatic nitrogens is 3. The molecular weight excluding hydrogens is 390 g/mol. The van der Waals surface area contributed by atoms with E-state index in [1.54, 1.807) is 12.1 Å². The molecule has 1 aromatic heterocycles. The van der Waals surface area contributed by atoms with Gasteiger partial charge in [-0.2, -0.15) is 10.1 Å². The Balaban J connectivity index is 1.47. The average molecular weight is 404 g/mol. The zero-order chi connectivity index (χ0) is 19.9. The first-order chi connectivity index (χ1) is 13.5. The van der Waals surface area contributed by atoms with Crippen LogP contribution < -0.4 is 10.7 Å². The fourth-order valence-electron chi connectivity index (χ4n) is 2.00. The Bertz CT molecular complexity index is 994. The van der Waals surface area contributed by atoms with Crippen molar-refractivity contribution >= 4 is 35.5 Å². The van der Waals surface area contributed by atoms with Crippen molar-refractivity contribution in [2.75, 3.05) is 16.5 Å². The van der Waals surface area contributed by atoms with Crippen molar-refractivity contribution in [3.8, 4) is 5.75 Å². The number of benzene rings is 2. The molecule has 3 rings (SSSR count). The number of hydrogen-bond acceptors (Lipinski definition) is 7. The van der Waals surface area contributed by atoms with E-state index >= 15 is 0 Å². The number of hydrogen-bond donors (Lipinski definition) is 4. The van der Waals surface area contributed by atoms with Gasteiger partial charge in [-0.25, -0.2) is 19.3 Å². The van der Waals surface area contributed by atoms with Gasteiger partial charge < -0.3 is 10.4 Å². The van der Waals surface area contributed by atoms with Crippen LogP contribution >= 0.6 is 11.8 Å². The van der Waals surface area contributed by atoms with E-state index in [1.165, 1.54) is 18.3 Å². The van der Waals surface area contributed by atoms with Crippen LogP contribution in [0.4, 0.5) is 20.4 Å². The Hall–Kier alpha value is -3.47. The molecule has 0 saturated carbocycles. The highest BCUT2D eigenvalue weighted by molar-refractivity contribution is 7.99. The third-order valence-electron chi connectivity index (χ3n) is 3.28. The topological polar surface area (TPSA) is 115 Å². The number of carbonyl (C=O) groups excluding carboxylic acids is 1. The van der Waals surface area contributed by atoms with Crippen LogP contribution in [0.3, 0.4) is 0 Å². The molecule has 0 bridgehead atoms. The van der Waals surface area contributed by atoms with E-state index < -0.39 is 17.5 Å². The maximum absolute atomic E-state index is 13.5. The summed E-state index contributed by atoms with van der Waals surface area (Å²) >= 11 is 1.03. The summed E-state index contributed by atoms with van der Waals surface area (Å²) in [5, 5.41) is 22.3. The normalized spacial score (nSPS) is 10.9. The summed E-state index contributed by atoms with van der Waals surface area (Å²) in [4.78, 5) is 16.0. The smallest absolute Gasteiger partial charge is 0.240 e. The van der Waals surface area contributed by atoms with Crippen molar-refractivity contribution in [2.45, 2.75) is 5.16 Å². The lowest BCUT2D eigenvalue weighted by atomic mass is 10.2. The molecule has 3 aromatic rings. The number of rotatable bonds is 7. The van der Waals surface area contributed by atoms with E-state index in [9.17, 15) is 18.7 Å². The Morgan fingerprint density at radius 3 is 2.79 bits per heavy atom. The summed E-state index contributed by atoms with van der Waals surface area (Å²) in [6.07, 6.45) is 1.53. The first-order valence-corrected chi connectivity index (χ1v) is 8.86. The van der Waals surface area contributed by atoms with Crippen LogP contribution in [0.2, 0.25) is 0 Å². The molecule has 4 N–H and O–H groups in total. The number of phenolic OH excluding ortho intramolecular Hbond substituents is 1. The summed E-state index contributed by atoms with van der Waals surface area (Å²) < 4.78 is 26.4. The van der Waals surface area contributed by atoms with E-state index in [1.807, 2.05) is 0 Å². The predicted molar refractivity (Wildman–Crippen MR) is 101 cm³/mol. The first kappa shape index (κ1) is 19.3. The molecule has 1 amide bonds. The minimum absolute atomic E-state index is 0.0646. The van der Waals surface area contributed by atoms with Gasteiger partial charge in [-0.15, -0.1) is 5.10 Å². The summed E-state index contributed by atoms with van der Waals surface area (Å²) in [6, 6.07) is 9.33. The molecule has 144 valence electrons. The second kappa shape index (κ2) is 8.95. The van der Waals surface area contributed by atoms with Crippen molar-refractivity contribution in [3.63, 3.8) is 0 Å². The lowest BCUT2D eigenvalue weighted by Gasteiger charge is -2.05. The number of H-pyrrole nitrogens is 1. The zero-order valence-electron chi connectivity index (χ0n) is 14.2. The van der Waals surface area contributed by atoms with Gasteiger partial charge in [0.05, 0.1) is 17.7 Å². The second-order valence-corrected chi connectivity index (χ2v) is 6.33. The number of anilines is 2. The van der Waals surface area contributed by atoms with Gasteiger partial charge in [0.1, 0.15) is 17.4 Å². The zero-order valence-corrected chi connectivity index (χ0v) is 15.0. The van der Waals surface area contributed by atoms with Gasteiger partial charge in [-0.3, -0.25) is 4.79 Å². The minimum Gasteiger partial charge on any atom is -0.508 e. The summed E-state index contributed by atoms with van der Waals surface area (Å²) in [5.41, 5.74) is 3.31. The first-order valence-electron chi connectivity index (χ1n) is 7.88. The third kappa shape index (κ3) is 5.51. The van der Waals surface area contributed by atoms with E-state index in [4.69, 9.17) is 0 Å². The lowest BCUT2D eigenvalue weighted by Crippen LogP contribution is -2.15. The van der Waals surface area contributed by atoms with Crippen LogP contribution in [0, 0.1) is 11.6 Å². The van der Waals surface area contributed by atoms with Gasteiger partial charge in [-0.05, 0) is 42.0 Å². The number of nitrogens with zero attached hydrogens (tertiary/aromatic N) is 3. The van der Waals surface area contributed by atoms with Crippen molar-refractivity contribution in [1.29, 1.82) is 0 Å². The standard InChI is InChI=1S/C17H14F2N6O2S/c18-11-3-6-14(13(19)7-11)21-15(27)9-28-17-22-16(24-25-17)23-20-8-10-1-4-12(26)5-2-10/h1-8,26H,9H2,(H,21,27)(H2,22,23,24,25)/b20-8-. The van der Waals surface area contributed by atoms with Gasteiger partial charge >= 0.3 is 0 Å². The maximum Gasteiger partial charge on any atom is 0.240 e. The number of amides is 1. The summed E-state index contributed by atoms with van der Waals surface area (Å²) in [5.74, 6) is -1.70. The monoisotopic (exact) mass is 404 g/mol. The molecule has 2 aromatic carbocycles. The van der Waals surface area contributed by atoms with Crippen molar-refractivity contribution in [1.82, 2.24) is 15.2 Å². The molecule has 0 unspecified atom stereocenters. The number of carbonyl (C=O) groups is 1. The Kier molecular flexibility index (Phi) is 6.17. The van der Waals surface area contributed by atoms with Gasteiger partial charge in [0.15, 0.2) is 0 Å². The Labute approximate surface area is 162 Å². The highest BCUT2D eigenvalue weighted by Gasteiger charge is 2.10. The molecule has 0 fully saturated rings. The average Bonchev–Trinajstić information content (AvgIpc) is 3.12. The van der Waals surface area contributed by atoms with Gasteiger partial charge in [-0.1, -0.05) is 11.8 Å². The van der Waals surface area contributed by atoms with E-state index in [2.05, 4.69) is 31.0 Å². The number of aromatic amines is 1. The van der Waals surface area contributed by atoms with E-state index in [0.717, 1.165) is 29.5 Å². The SMILES string of the molecule is O=C(CSc1n[nH]c(N/N=C\c2ccc(O)cc2)n1)Nc1ccc(F)cc1F. The highest BCUT2D eigenvalue weighted by Crippen LogP contribution is 2.17.